The third kappa shape index (κ3) is 2.57. The molecule has 2 atom stereocenters. The average molecular weight is 250 g/mol. The Hall–Kier alpha value is -0.930. The molecule has 0 bridgehead atoms. The van der Waals surface area contributed by atoms with E-state index in [0.717, 1.165) is 25.1 Å². The molecule has 1 aromatic carbocycles. The molecular weight excluding hydrogens is 227 g/mol. The molecule has 2 unspecified atom stereocenters. The Labute approximate surface area is 109 Å². The Morgan fingerprint density at radius 2 is 2.22 bits per heavy atom. The fraction of sp³-hybridized carbons (Fsp3) is 0.600. The highest BCUT2D eigenvalue weighted by Crippen LogP contribution is 2.35. The molecule has 0 aromatic heterocycles. The number of benzene rings is 1. The maximum absolute atomic E-state index is 13.7. The van der Waals surface area contributed by atoms with Crippen LogP contribution in [0.1, 0.15) is 36.9 Å². The Bertz CT molecular complexity index is 393. The monoisotopic (exact) mass is 250 g/mol. The lowest BCUT2D eigenvalue weighted by atomic mass is 9.84. The molecule has 1 aliphatic heterocycles. The van der Waals surface area contributed by atoms with Gasteiger partial charge in [-0.1, -0.05) is 19.1 Å². The molecule has 0 spiro atoms. The lowest BCUT2D eigenvalue weighted by Crippen LogP contribution is -2.41. The zero-order valence-electron chi connectivity index (χ0n) is 11.3. The molecule has 3 heteroatoms. The van der Waals surface area contributed by atoms with Gasteiger partial charge in [-0.25, -0.2) is 4.39 Å². The van der Waals surface area contributed by atoms with Gasteiger partial charge in [-0.15, -0.1) is 0 Å². The van der Waals surface area contributed by atoms with Crippen LogP contribution in [0.15, 0.2) is 18.2 Å². The molecule has 0 radical (unpaired) electrons. The maximum Gasteiger partial charge on any atom is 0.126 e. The van der Waals surface area contributed by atoms with E-state index in [0.29, 0.717) is 18.0 Å². The van der Waals surface area contributed by atoms with Crippen LogP contribution in [0.5, 0.6) is 0 Å². The van der Waals surface area contributed by atoms with Crippen molar-refractivity contribution in [1.29, 1.82) is 0 Å². The van der Waals surface area contributed by atoms with Gasteiger partial charge >= 0.3 is 0 Å². The van der Waals surface area contributed by atoms with Crippen molar-refractivity contribution in [3.8, 4) is 0 Å². The quantitative estimate of drug-likeness (QED) is 0.893. The molecule has 0 aliphatic carbocycles. The van der Waals surface area contributed by atoms with Crippen molar-refractivity contribution >= 4 is 0 Å². The summed E-state index contributed by atoms with van der Waals surface area (Å²) >= 11 is 0. The smallest absolute Gasteiger partial charge is 0.126 e. The third-order valence-corrected chi connectivity index (χ3v) is 4.11. The summed E-state index contributed by atoms with van der Waals surface area (Å²) in [5, 5.41) is 0. The Balaban J connectivity index is 2.32. The second-order valence-corrected chi connectivity index (χ2v) is 5.22. The molecule has 18 heavy (non-hydrogen) atoms. The number of halogens is 1. The molecule has 1 aliphatic rings. The van der Waals surface area contributed by atoms with Crippen LogP contribution in [0.4, 0.5) is 4.39 Å². The number of rotatable bonds is 3. The van der Waals surface area contributed by atoms with Gasteiger partial charge in [0.25, 0.3) is 0 Å². The molecule has 0 saturated carbocycles. The molecule has 1 fully saturated rings. The molecule has 2 N–H and O–H groups in total. The third-order valence-electron chi connectivity index (χ3n) is 4.11. The predicted octanol–water partition coefficient (Wildman–Crippen LogP) is 2.87. The van der Waals surface area contributed by atoms with Gasteiger partial charge < -0.3 is 5.73 Å². The lowest BCUT2D eigenvalue weighted by molar-refractivity contribution is 0.102. The highest BCUT2D eigenvalue weighted by atomic mass is 19.1. The van der Waals surface area contributed by atoms with E-state index in [2.05, 4.69) is 17.9 Å². The van der Waals surface area contributed by atoms with Crippen LogP contribution in [-0.4, -0.2) is 24.5 Å². The second kappa shape index (κ2) is 5.81. The zero-order valence-corrected chi connectivity index (χ0v) is 11.3. The van der Waals surface area contributed by atoms with E-state index < -0.39 is 0 Å². The summed E-state index contributed by atoms with van der Waals surface area (Å²) in [5.74, 6) is 0.339. The van der Waals surface area contributed by atoms with Crippen LogP contribution >= 0.6 is 0 Å². The van der Waals surface area contributed by atoms with E-state index in [1.807, 2.05) is 6.07 Å². The van der Waals surface area contributed by atoms with Crippen molar-refractivity contribution in [3.05, 3.63) is 35.1 Å². The second-order valence-electron chi connectivity index (χ2n) is 5.22. The highest BCUT2D eigenvalue weighted by Gasteiger charge is 2.31. The number of aryl methyl sites for hydroxylation is 1. The van der Waals surface area contributed by atoms with Crippen LogP contribution in [0.2, 0.25) is 0 Å². The van der Waals surface area contributed by atoms with Crippen molar-refractivity contribution in [1.82, 2.24) is 4.90 Å². The summed E-state index contributed by atoms with van der Waals surface area (Å²) in [5.41, 5.74) is 7.68. The van der Waals surface area contributed by atoms with Crippen LogP contribution in [-0.2, 0) is 0 Å². The van der Waals surface area contributed by atoms with Gasteiger partial charge in [0.2, 0.25) is 0 Å². The number of nitrogens with two attached hydrogens (primary N) is 1. The number of nitrogens with zero attached hydrogens (tertiary/aromatic N) is 1. The molecule has 1 saturated heterocycles. The number of piperidine rings is 1. The summed E-state index contributed by atoms with van der Waals surface area (Å²) < 4.78 is 13.7. The van der Waals surface area contributed by atoms with E-state index in [1.54, 1.807) is 13.0 Å². The van der Waals surface area contributed by atoms with E-state index in [1.165, 1.54) is 6.42 Å². The average Bonchev–Trinajstić information content (AvgIpc) is 2.41. The van der Waals surface area contributed by atoms with E-state index in [4.69, 9.17) is 5.73 Å². The first-order valence-electron chi connectivity index (χ1n) is 6.87. The van der Waals surface area contributed by atoms with Gasteiger partial charge in [0.05, 0.1) is 0 Å². The van der Waals surface area contributed by atoms with Gasteiger partial charge in [0.15, 0.2) is 0 Å². The van der Waals surface area contributed by atoms with Gasteiger partial charge in [-0.2, -0.15) is 0 Å². The van der Waals surface area contributed by atoms with Crippen LogP contribution < -0.4 is 5.73 Å². The summed E-state index contributed by atoms with van der Waals surface area (Å²) in [4.78, 5) is 2.42. The van der Waals surface area contributed by atoms with Crippen molar-refractivity contribution in [3.63, 3.8) is 0 Å². The van der Waals surface area contributed by atoms with Crippen molar-refractivity contribution < 1.29 is 4.39 Å². The molecule has 2 rings (SSSR count). The minimum atomic E-state index is -0.107. The van der Waals surface area contributed by atoms with Crippen molar-refractivity contribution in [2.24, 2.45) is 11.7 Å². The van der Waals surface area contributed by atoms with Gasteiger partial charge in [-0.05, 0) is 62.5 Å². The molecular formula is C15H23FN2. The minimum Gasteiger partial charge on any atom is -0.330 e. The first-order chi connectivity index (χ1) is 8.67. The topological polar surface area (TPSA) is 29.3 Å². The van der Waals surface area contributed by atoms with E-state index >= 15 is 0 Å². The normalized spacial score (nSPS) is 25.3. The maximum atomic E-state index is 13.7. The molecule has 0 amide bonds. The zero-order chi connectivity index (χ0) is 13.1. The molecule has 1 heterocycles. The molecule has 1 aromatic rings. The van der Waals surface area contributed by atoms with Crippen molar-refractivity contribution in [2.45, 2.75) is 32.7 Å². The first-order valence-corrected chi connectivity index (χ1v) is 6.87. The Morgan fingerprint density at radius 1 is 1.44 bits per heavy atom. The summed E-state index contributed by atoms with van der Waals surface area (Å²) in [7, 11) is 0. The fourth-order valence-corrected chi connectivity index (χ4v) is 3.03. The van der Waals surface area contributed by atoms with Crippen LogP contribution in [0, 0.1) is 18.7 Å². The lowest BCUT2D eigenvalue weighted by Gasteiger charge is -2.41. The number of hydrogen-bond acceptors (Lipinski definition) is 2. The minimum absolute atomic E-state index is 0.107. The first kappa shape index (κ1) is 13.5. The Morgan fingerprint density at radius 3 is 2.83 bits per heavy atom. The predicted molar refractivity (Wildman–Crippen MR) is 72.9 cm³/mol. The molecule has 2 nitrogen and oxygen atoms in total. The summed E-state index contributed by atoms with van der Waals surface area (Å²) in [6, 6.07) is 5.90. The molecule has 100 valence electrons. The summed E-state index contributed by atoms with van der Waals surface area (Å²) in [6.07, 6.45) is 2.34. The number of hydrogen-bond donors (Lipinski definition) is 1. The van der Waals surface area contributed by atoms with Crippen LogP contribution in [0.3, 0.4) is 0 Å². The highest BCUT2D eigenvalue weighted by molar-refractivity contribution is 5.27. The van der Waals surface area contributed by atoms with Gasteiger partial charge in [0.1, 0.15) is 5.82 Å². The SMILES string of the molecule is CCN1CCCC(CN)C1c1ccc(C)c(F)c1. The fourth-order valence-electron chi connectivity index (χ4n) is 3.03. The Kier molecular flexibility index (Phi) is 4.36. The van der Waals surface area contributed by atoms with E-state index in [-0.39, 0.29) is 11.9 Å². The standard InChI is InChI=1S/C15H23FN2/c1-3-18-8-4-5-13(10-17)15(18)12-7-6-11(2)14(16)9-12/h6-7,9,13,15H,3-5,8,10,17H2,1-2H3. The van der Waals surface area contributed by atoms with E-state index in [9.17, 15) is 4.39 Å². The van der Waals surface area contributed by atoms with Gasteiger partial charge in [-0.3, -0.25) is 4.90 Å². The van der Waals surface area contributed by atoms with Gasteiger partial charge in [0, 0.05) is 6.04 Å². The number of likely N-dealkylation sites (tertiary alicyclic amines) is 1. The largest absolute Gasteiger partial charge is 0.330 e. The summed E-state index contributed by atoms with van der Waals surface area (Å²) in [6.45, 7) is 6.73. The van der Waals surface area contributed by atoms with Crippen molar-refractivity contribution in [2.75, 3.05) is 19.6 Å². The van der Waals surface area contributed by atoms with Crippen LogP contribution in [0.25, 0.3) is 0 Å².